The fourth-order valence-electron chi connectivity index (χ4n) is 2.81. The molecule has 0 fully saturated rings. The molecular formula is C18H10F3N5O2. The van der Waals surface area contributed by atoms with E-state index in [0.29, 0.717) is 6.07 Å². The summed E-state index contributed by atoms with van der Waals surface area (Å²) in [5, 5.41) is 2.00. The number of nitrogens with one attached hydrogen (secondary N) is 1. The number of anilines is 1. The molecule has 0 aliphatic carbocycles. The van der Waals surface area contributed by atoms with Gasteiger partial charge in [-0.2, -0.15) is 0 Å². The Morgan fingerprint density at radius 3 is 2.61 bits per heavy atom. The Hall–Kier alpha value is -3.95. The monoisotopic (exact) mass is 385 g/mol. The molecule has 7 nitrogen and oxygen atoms in total. The molecule has 10 heteroatoms. The van der Waals surface area contributed by atoms with E-state index in [0.717, 1.165) is 29.0 Å². The van der Waals surface area contributed by atoms with Crippen molar-refractivity contribution in [2.24, 2.45) is 0 Å². The number of fused-ring (bicyclic) bond motifs is 1. The first-order valence-corrected chi connectivity index (χ1v) is 7.89. The molecule has 0 saturated heterocycles. The predicted octanol–water partition coefficient (Wildman–Crippen LogP) is 2.56. The summed E-state index contributed by atoms with van der Waals surface area (Å²) in [5.74, 6) is -2.72. The van der Waals surface area contributed by atoms with E-state index in [1.54, 1.807) is 0 Å². The van der Waals surface area contributed by atoms with Gasteiger partial charge in [-0.1, -0.05) is 0 Å². The van der Waals surface area contributed by atoms with Crippen LogP contribution in [0.3, 0.4) is 0 Å². The van der Waals surface area contributed by atoms with E-state index < -0.39 is 22.9 Å². The van der Waals surface area contributed by atoms with Crippen LogP contribution in [0.2, 0.25) is 0 Å². The minimum Gasteiger partial charge on any atom is -0.324 e. The average Bonchev–Trinajstić information content (AvgIpc) is 3.19. The molecule has 4 rings (SSSR count). The van der Waals surface area contributed by atoms with Crippen LogP contribution in [0.1, 0.15) is 0 Å². The van der Waals surface area contributed by atoms with Crippen LogP contribution in [-0.4, -0.2) is 25.5 Å². The van der Waals surface area contributed by atoms with Crippen molar-refractivity contribution in [1.82, 2.24) is 19.1 Å². The number of amides is 1. The highest BCUT2D eigenvalue weighted by Crippen LogP contribution is 2.23. The third-order valence-corrected chi connectivity index (χ3v) is 4.05. The summed E-state index contributed by atoms with van der Waals surface area (Å²) in [5.41, 5.74) is -1.15. The maximum absolute atomic E-state index is 14.6. The van der Waals surface area contributed by atoms with Crippen molar-refractivity contribution in [2.75, 3.05) is 5.32 Å². The van der Waals surface area contributed by atoms with Crippen LogP contribution >= 0.6 is 0 Å². The van der Waals surface area contributed by atoms with Gasteiger partial charge >= 0.3 is 0 Å². The molecule has 0 atom stereocenters. The SMILES string of the molecule is O=CNc1cn(-c2ccc(F)cc2F)c2nc(-n3ccnc3)c(F)cc2c1=O. The molecule has 4 aromatic rings. The van der Waals surface area contributed by atoms with Crippen molar-refractivity contribution in [3.8, 4) is 11.5 Å². The van der Waals surface area contributed by atoms with Gasteiger partial charge in [-0.3, -0.25) is 18.7 Å². The first-order chi connectivity index (χ1) is 13.5. The van der Waals surface area contributed by atoms with E-state index in [1.165, 1.54) is 23.3 Å². The standard InChI is InChI=1S/C18H10F3N5O2/c19-10-1-2-15(12(20)5-10)26-7-14(23-9-27)16(28)11-6-13(21)18(24-17(11)26)25-4-3-22-8-25/h1-9H,(H,23,27). The van der Waals surface area contributed by atoms with Crippen LogP contribution in [-0.2, 0) is 4.79 Å². The van der Waals surface area contributed by atoms with Crippen molar-refractivity contribution in [1.29, 1.82) is 0 Å². The molecule has 0 bridgehead atoms. The van der Waals surface area contributed by atoms with Gasteiger partial charge in [-0.05, 0) is 18.2 Å². The molecule has 3 aromatic heterocycles. The van der Waals surface area contributed by atoms with Gasteiger partial charge < -0.3 is 5.32 Å². The van der Waals surface area contributed by atoms with Crippen molar-refractivity contribution in [3.63, 3.8) is 0 Å². The van der Waals surface area contributed by atoms with Gasteiger partial charge in [0.25, 0.3) is 0 Å². The quantitative estimate of drug-likeness (QED) is 0.548. The third kappa shape index (κ3) is 2.80. The zero-order valence-corrected chi connectivity index (χ0v) is 13.9. The number of pyridine rings is 2. The number of carbonyl (C=O) groups is 1. The van der Waals surface area contributed by atoms with E-state index in [9.17, 15) is 22.8 Å². The molecular weight excluding hydrogens is 375 g/mol. The largest absolute Gasteiger partial charge is 0.324 e. The number of rotatable bonds is 4. The molecule has 1 N–H and O–H groups in total. The lowest BCUT2D eigenvalue weighted by atomic mass is 10.2. The van der Waals surface area contributed by atoms with Gasteiger partial charge in [-0.15, -0.1) is 0 Å². The first-order valence-electron chi connectivity index (χ1n) is 7.89. The predicted molar refractivity (Wildman–Crippen MR) is 94.0 cm³/mol. The smallest absolute Gasteiger partial charge is 0.214 e. The third-order valence-electron chi connectivity index (χ3n) is 4.05. The van der Waals surface area contributed by atoms with Crippen LogP contribution in [0, 0.1) is 17.5 Å². The van der Waals surface area contributed by atoms with Crippen molar-refractivity contribution < 1.29 is 18.0 Å². The Bertz CT molecular complexity index is 1270. The molecule has 28 heavy (non-hydrogen) atoms. The number of nitrogens with zero attached hydrogens (tertiary/aromatic N) is 4. The molecule has 3 heterocycles. The van der Waals surface area contributed by atoms with Crippen molar-refractivity contribution in [3.05, 3.63) is 76.9 Å². The summed E-state index contributed by atoms with van der Waals surface area (Å²) in [6, 6.07) is 3.76. The summed E-state index contributed by atoms with van der Waals surface area (Å²) in [6.45, 7) is 0. The van der Waals surface area contributed by atoms with Gasteiger partial charge in [0.1, 0.15) is 23.6 Å². The topological polar surface area (TPSA) is 81.8 Å². The Labute approximate surface area is 154 Å². The Kier molecular flexibility index (Phi) is 4.15. The Morgan fingerprint density at radius 1 is 1.11 bits per heavy atom. The minimum absolute atomic E-state index is 0.0861. The van der Waals surface area contributed by atoms with Gasteiger partial charge in [0, 0.05) is 24.7 Å². The lowest BCUT2D eigenvalue weighted by Crippen LogP contribution is -2.17. The fraction of sp³-hybridized carbons (Fsp3) is 0. The average molecular weight is 385 g/mol. The molecule has 0 saturated carbocycles. The van der Waals surface area contributed by atoms with Crippen molar-refractivity contribution in [2.45, 2.75) is 0 Å². The first kappa shape index (κ1) is 17.5. The number of hydrogen-bond acceptors (Lipinski definition) is 4. The summed E-state index contributed by atoms with van der Waals surface area (Å²) in [4.78, 5) is 31.4. The molecule has 1 aromatic carbocycles. The normalized spacial score (nSPS) is 11.0. The fourth-order valence-corrected chi connectivity index (χ4v) is 2.81. The van der Waals surface area contributed by atoms with Crippen LogP contribution in [0.5, 0.6) is 0 Å². The summed E-state index contributed by atoms with van der Waals surface area (Å²) in [7, 11) is 0. The summed E-state index contributed by atoms with van der Waals surface area (Å²) >= 11 is 0. The van der Waals surface area contributed by atoms with E-state index in [1.807, 2.05) is 0 Å². The Morgan fingerprint density at radius 2 is 1.93 bits per heavy atom. The number of hydrogen-bond donors (Lipinski definition) is 1. The molecule has 140 valence electrons. The second-order valence-corrected chi connectivity index (χ2v) is 5.73. The van der Waals surface area contributed by atoms with Crippen molar-refractivity contribution >= 4 is 23.1 Å². The van der Waals surface area contributed by atoms with E-state index in [2.05, 4.69) is 15.3 Å². The highest BCUT2D eigenvalue weighted by atomic mass is 19.1. The van der Waals surface area contributed by atoms with Crippen LogP contribution in [0.15, 0.2) is 54.0 Å². The molecule has 0 spiro atoms. The molecule has 0 aliphatic rings. The summed E-state index contributed by atoms with van der Waals surface area (Å²) in [6.07, 6.45) is 5.56. The van der Waals surface area contributed by atoms with Gasteiger partial charge in [0.15, 0.2) is 17.3 Å². The highest BCUT2D eigenvalue weighted by molar-refractivity contribution is 5.84. The maximum atomic E-state index is 14.6. The molecule has 0 radical (unpaired) electrons. The maximum Gasteiger partial charge on any atom is 0.214 e. The van der Waals surface area contributed by atoms with E-state index in [4.69, 9.17) is 0 Å². The number of benzene rings is 1. The van der Waals surface area contributed by atoms with Crippen LogP contribution in [0.25, 0.3) is 22.5 Å². The number of carbonyl (C=O) groups excluding carboxylic acids is 1. The zero-order valence-electron chi connectivity index (χ0n) is 13.9. The van der Waals surface area contributed by atoms with Gasteiger partial charge in [0.05, 0.1) is 11.1 Å². The van der Waals surface area contributed by atoms with Crippen LogP contribution in [0.4, 0.5) is 18.9 Å². The molecule has 0 unspecified atom stereocenters. The zero-order chi connectivity index (χ0) is 19.8. The lowest BCUT2D eigenvalue weighted by molar-refractivity contribution is -0.105. The molecule has 1 amide bonds. The van der Waals surface area contributed by atoms with E-state index >= 15 is 0 Å². The van der Waals surface area contributed by atoms with E-state index in [-0.39, 0.29) is 34.6 Å². The van der Waals surface area contributed by atoms with Gasteiger partial charge in [0.2, 0.25) is 11.8 Å². The highest BCUT2D eigenvalue weighted by Gasteiger charge is 2.18. The lowest BCUT2D eigenvalue weighted by Gasteiger charge is -2.15. The summed E-state index contributed by atoms with van der Waals surface area (Å²) < 4.78 is 44.7. The Balaban J connectivity index is 2.11. The molecule has 0 aliphatic heterocycles. The van der Waals surface area contributed by atoms with Crippen LogP contribution < -0.4 is 10.7 Å². The number of halogens is 3. The second-order valence-electron chi connectivity index (χ2n) is 5.73. The second kappa shape index (κ2) is 6.65. The number of imidazole rings is 1. The van der Waals surface area contributed by atoms with Gasteiger partial charge in [-0.25, -0.2) is 23.1 Å². The minimum atomic E-state index is -0.933. The number of aromatic nitrogens is 4.